The normalized spacial score (nSPS) is 20.4. The maximum Gasteiger partial charge on any atom is 0.401 e. The number of amides is 1. The Kier molecular flexibility index (Phi) is 4.41. The summed E-state index contributed by atoms with van der Waals surface area (Å²) in [5.74, 6) is -0.248. The number of hydrogen-bond donors (Lipinski definition) is 1. The predicted molar refractivity (Wildman–Crippen MR) is 58.5 cm³/mol. The SMILES string of the molecule is CC1(C)CCCN(C(=O)CNCC(F)(F)F)C1. The van der Waals surface area contributed by atoms with Crippen molar-refractivity contribution in [2.75, 3.05) is 26.2 Å². The van der Waals surface area contributed by atoms with Gasteiger partial charge in [0, 0.05) is 13.1 Å². The van der Waals surface area contributed by atoms with Crippen molar-refractivity contribution in [3.63, 3.8) is 0 Å². The van der Waals surface area contributed by atoms with E-state index in [1.807, 2.05) is 0 Å². The number of alkyl halides is 3. The molecular formula is C11H19F3N2O. The number of carbonyl (C=O) groups excluding carboxylic acids is 1. The highest BCUT2D eigenvalue weighted by Crippen LogP contribution is 2.28. The first kappa shape index (κ1) is 14.3. The molecule has 0 unspecified atom stereocenters. The van der Waals surface area contributed by atoms with Gasteiger partial charge in [0.2, 0.25) is 5.91 Å². The topological polar surface area (TPSA) is 32.3 Å². The average molecular weight is 252 g/mol. The fraction of sp³-hybridized carbons (Fsp3) is 0.909. The molecule has 17 heavy (non-hydrogen) atoms. The molecule has 0 aromatic carbocycles. The monoisotopic (exact) mass is 252 g/mol. The Labute approximate surface area is 99.4 Å². The van der Waals surface area contributed by atoms with Crippen molar-refractivity contribution in [1.82, 2.24) is 10.2 Å². The van der Waals surface area contributed by atoms with Crippen molar-refractivity contribution in [2.45, 2.75) is 32.9 Å². The first-order valence-electron chi connectivity index (χ1n) is 5.75. The largest absolute Gasteiger partial charge is 0.401 e. The molecule has 0 radical (unpaired) electrons. The zero-order valence-electron chi connectivity index (χ0n) is 10.2. The second kappa shape index (κ2) is 5.25. The van der Waals surface area contributed by atoms with Crippen LogP contribution in [0.15, 0.2) is 0 Å². The number of rotatable bonds is 3. The van der Waals surface area contributed by atoms with E-state index < -0.39 is 12.7 Å². The third-order valence-electron chi connectivity index (χ3n) is 2.85. The van der Waals surface area contributed by atoms with Crippen molar-refractivity contribution in [2.24, 2.45) is 5.41 Å². The van der Waals surface area contributed by atoms with Gasteiger partial charge in [-0.15, -0.1) is 0 Å². The van der Waals surface area contributed by atoms with Crippen LogP contribution < -0.4 is 5.32 Å². The fourth-order valence-electron chi connectivity index (χ4n) is 2.06. The van der Waals surface area contributed by atoms with Crippen molar-refractivity contribution in [3.05, 3.63) is 0 Å². The Morgan fingerprint density at radius 1 is 1.41 bits per heavy atom. The average Bonchev–Trinajstić information content (AvgIpc) is 2.13. The molecule has 1 fully saturated rings. The quantitative estimate of drug-likeness (QED) is 0.830. The Morgan fingerprint density at radius 3 is 2.59 bits per heavy atom. The van der Waals surface area contributed by atoms with Crippen molar-refractivity contribution in [3.8, 4) is 0 Å². The summed E-state index contributed by atoms with van der Waals surface area (Å²) in [6.07, 6.45) is -2.30. The summed E-state index contributed by atoms with van der Waals surface area (Å²) in [6.45, 7) is 4.05. The van der Waals surface area contributed by atoms with Gasteiger partial charge < -0.3 is 10.2 Å². The van der Waals surface area contributed by atoms with E-state index in [-0.39, 0.29) is 17.9 Å². The van der Waals surface area contributed by atoms with Crippen LogP contribution in [0.4, 0.5) is 13.2 Å². The van der Waals surface area contributed by atoms with Gasteiger partial charge >= 0.3 is 6.18 Å². The molecule has 0 aliphatic carbocycles. The van der Waals surface area contributed by atoms with Crippen LogP contribution in [0.5, 0.6) is 0 Å². The molecule has 0 aromatic rings. The minimum atomic E-state index is -4.26. The second-order valence-electron chi connectivity index (χ2n) is 5.30. The van der Waals surface area contributed by atoms with E-state index in [4.69, 9.17) is 0 Å². The fourth-order valence-corrected chi connectivity index (χ4v) is 2.06. The third-order valence-corrected chi connectivity index (χ3v) is 2.85. The molecule has 100 valence electrons. The predicted octanol–water partition coefficient (Wildman–Crippen LogP) is 1.79. The van der Waals surface area contributed by atoms with Gasteiger partial charge in [-0.3, -0.25) is 4.79 Å². The Balaban J connectivity index is 2.33. The van der Waals surface area contributed by atoms with Crippen LogP contribution in [0.25, 0.3) is 0 Å². The lowest BCUT2D eigenvalue weighted by atomic mass is 9.84. The van der Waals surface area contributed by atoms with Gasteiger partial charge in [0.05, 0.1) is 13.1 Å². The Hall–Kier alpha value is -0.780. The van der Waals surface area contributed by atoms with Crippen LogP contribution in [-0.4, -0.2) is 43.2 Å². The lowest BCUT2D eigenvalue weighted by molar-refractivity contribution is -0.136. The summed E-state index contributed by atoms with van der Waals surface area (Å²) in [6, 6.07) is 0. The second-order valence-corrected chi connectivity index (χ2v) is 5.30. The summed E-state index contributed by atoms with van der Waals surface area (Å²) >= 11 is 0. The van der Waals surface area contributed by atoms with E-state index in [0.717, 1.165) is 12.8 Å². The van der Waals surface area contributed by atoms with Crippen molar-refractivity contribution >= 4 is 5.91 Å². The molecule has 0 spiro atoms. The number of likely N-dealkylation sites (tertiary alicyclic amines) is 1. The first-order valence-corrected chi connectivity index (χ1v) is 5.75. The van der Waals surface area contributed by atoms with Crippen LogP contribution in [0.1, 0.15) is 26.7 Å². The highest BCUT2D eigenvalue weighted by Gasteiger charge is 2.30. The van der Waals surface area contributed by atoms with E-state index in [2.05, 4.69) is 19.2 Å². The first-order chi connectivity index (χ1) is 7.70. The van der Waals surface area contributed by atoms with Gasteiger partial charge in [-0.25, -0.2) is 0 Å². The minimum Gasteiger partial charge on any atom is -0.341 e. The summed E-state index contributed by atoms with van der Waals surface area (Å²) in [5.41, 5.74) is 0.0674. The standard InChI is InChI=1S/C11H19F3N2O/c1-10(2)4-3-5-16(8-10)9(17)6-15-7-11(12,13)14/h15H,3-8H2,1-2H3. The number of halogens is 3. The van der Waals surface area contributed by atoms with Crippen LogP contribution in [-0.2, 0) is 4.79 Å². The Bertz CT molecular complexity index is 276. The molecule has 3 nitrogen and oxygen atoms in total. The third kappa shape index (κ3) is 5.39. The maximum absolute atomic E-state index is 11.9. The number of nitrogens with zero attached hydrogens (tertiary/aromatic N) is 1. The van der Waals surface area contributed by atoms with Crippen LogP contribution in [0.3, 0.4) is 0 Å². The maximum atomic E-state index is 11.9. The molecule has 1 aliphatic heterocycles. The molecule has 1 aliphatic rings. The highest BCUT2D eigenvalue weighted by atomic mass is 19.4. The van der Waals surface area contributed by atoms with Gasteiger partial charge in [-0.2, -0.15) is 13.2 Å². The minimum absolute atomic E-state index is 0.0674. The van der Waals surface area contributed by atoms with E-state index in [0.29, 0.717) is 13.1 Å². The van der Waals surface area contributed by atoms with Gasteiger partial charge in [-0.1, -0.05) is 13.8 Å². The molecule has 0 bridgehead atoms. The summed E-state index contributed by atoms with van der Waals surface area (Å²) in [7, 11) is 0. The van der Waals surface area contributed by atoms with Crippen LogP contribution in [0.2, 0.25) is 0 Å². The van der Waals surface area contributed by atoms with Gasteiger partial charge in [0.15, 0.2) is 0 Å². The highest BCUT2D eigenvalue weighted by molar-refractivity contribution is 5.78. The van der Waals surface area contributed by atoms with Gasteiger partial charge in [0.25, 0.3) is 0 Å². The number of nitrogens with one attached hydrogen (secondary N) is 1. The lowest BCUT2D eigenvalue weighted by Gasteiger charge is -2.38. The molecule has 6 heteroatoms. The van der Waals surface area contributed by atoms with E-state index in [1.54, 1.807) is 4.90 Å². The zero-order chi connectivity index (χ0) is 13.1. The summed E-state index contributed by atoms with van der Waals surface area (Å²) in [5, 5.41) is 2.13. The smallest absolute Gasteiger partial charge is 0.341 e. The van der Waals surface area contributed by atoms with E-state index in [1.165, 1.54) is 0 Å². The molecule has 1 N–H and O–H groups in total. The van der Waals surface area contributed by atoms with Gasteiger partial charge in [0.1, 0.15) is 0 Å². The van der Waals surface area contributed by atoms with Crippen LogP contribution >= 0.6 is 0 Å². The lowest BCUT2D eigenvalue weighted by Crippen LogP contribution is -2.47. The molecule has 1 amide bonds. The van der Waals surface area contributed by atoms with Gasteiger partial charge in [-0.05, 0) is 18.3 Å². The zero-order valence-corrected chi connectivity index (χ0v) is 10.2. The van der Waals surface area contributed by atoms with Crippen molar-refractivity contribution < 1.29 is 18.0 Å². The summed E-state index contributed by atoms with van der Waals surface area (Å²) < 4.78 is 35.7. The molecule has 0 atom stereocenters. The van der Waals surface area contributed by atoms with E-state index >= 15 is 0 Å². The van der Waals surface area contributed by atoms with Crippen molar-refractivity contribution in [1.29, 1.82) is 0 Å². The summed E-state index contributed by atoms with van der Waals surface area (Å²) in [4.78, 5) is 13.3. The molecule has 0 aromatic heterocycles. The number of carbonyl (C=O) groups is 1. The van der Waals surface area contributed by atoms with E-state index in [9.17, 15) is 18.0 Å². The van der Waals surface area contributed by atoms with Crippen LogP contribution in [0, 0.1) is 5.41 Å². The molecule has 1 heterocycles. The molecular weight excluding hydrogens is 233 g/mol. The Morgan fingerprint density at radius 2 is 2.06 bits per heavy atom. The molecule has 1 rings (SSSR count). The molecule has 0 saturated carbocycles. The number of hydrogen-bond acceptors (Lipinski definition) is 2. The molecule has 1 saturated heterocycles. The number of piperidine rings is 1.